The highest BCUT2D eigenvalue weighted by atomic mass is 16.5. The van der Waals surface area contributed by atoms with Gasteiger partial charge in [0.25, 0.3) is 0 Å². The first-order chi connectivity index (χ1) is 6.65. The maximum atomic E-state index is 8.75. The number of ether oxygens (including phenoxy) is 1. The van der Waals surface area contributed by atoms with E-state index in [1.54, 1.807) is 7.11 Å². The van der Waals surface area contributed by atoms with Gasteiger partial charge in [-0.25, -0.2) is 0 Å². The van der Waals surface area contributed by atoms with Gasteiger partial charge < -0.3 is 9.84 Å². The molecule has 0 saturated carbocycles. The van der Waals surface area contributed by atoms with Crippen molar-refractivity contribution in [3.05, 3.63) is 11.6 Å². The van der Waals surface area contributed by atoms with Gasteiger partial charge in [0.15, 0.2) is 0 Å². The molecule has 0 saturated heterocycles. The number of hydrogen-bond acceptors (Lipinski definition) is 2. The van der Waals surface area contributed by atoms with E-state index in [4.69, 9.17) is 9.84 Å². The van der Waals surface area contributed by atoms with Crippen molar-refractivity contribution in [1.82, 2.24) is 0 Å². The molecule has 1 N–H and O–H groups in total. The molecule has 2 nitrogen and oxygen atoms in total. The minimum atomic E-state index is 0.129. The molecule has 84 valence electrons. The lowest BCUT2D eigenvalue weighted by atomic mass is 9.94. The lowest BCUT2D eigenvalue weighted by Crippen LogP contribution is -2.20. The average Bonchev–Trinajstić information content (AvgIpc) is 2.15. The molecular formula is C12H24O2. The molecule has 0 aromatic heterocycles. The molecule has 0 aliphatic heterocycles. The molecule has 0 rings (SSSR count). The van der Waals surface area contributed by atoms with E-state index < -0.39 is 0 Å². The molecule has 0 spiro atoms. The largest absolute Gasteiger partial charge is 0.392 e. The van der Waals surface area contributed by atoms with Crippen LogP contribution in [0.2, 0.25) is 0 Å². The third-order valence-corrected chi connectivity index (χ3v) is 2.64. The quantitative estimate of drug-likeness (QED) is 0.640. The Bertz CT molecular complexity index is 164. The SMILES string of the molecule is CCCC(C)C(CC(C)=CCO)OC. The van der Waals surface area contributed by atoms with Crippen LogP contribution in [0.5, 0.6) is 0 Å². The maximum absolute atomic E-state index is 8.75. The minimum absolute atomic E-state index is 0.129. The predicted octanol–water partition coefficient (Wildman–Crippen LogP) is 2.77. The molecule has 0 radical (unpaired) electrons. The Morgan fingerprint density at radius 3 is 2.57 bits per heavy atom. The van der Waals surface area contributed by atoms with Gasteiger partial charge in [0.1, 0.15) is 0 Å². The van der Waals surface area contributed by atoms with Crippen molar-refractivity contribution in [1.29, 1.82) is 0 Å². The second-order valence-corrected chi connectivity index (χ2v) is 3.98. The van der Waals surface area contributed by atoms with Gasteiger partial charge in [0, 0.05) is 7.11 Å². The molecule has 0 fully saturated rings. The molecule has 2 atom stereocenters. The third-order valence-electron chi connectivity index (χ3n) is 2.64. The van der Waals surface area contributed by atoms with Crippen LogP contribution in [0, 0.1) is 5.92 Å². The van der Waals surface area contributed by atoms with Gasteiger partial charge in [-0.2, -0.15) is 0 Å². The fourth-order valence-electron chi connectivity index (χ4n) is 1.71. The van der Waals surface area contributed by atoms with Crippen molar-refractivity contribution in [2.24, 2.45) is 5.92 Å². The topological polar surface area (TPSA) is 29.5 Å². The Labute approximate surface area is 88.0 Å². The molecule has 2 heteroatoms. The van der Waals surface area contributed by atoms with E-state index in [1.807, 2.05) is 13.0 Å². The van der Waals surface area contributed by atoms with Crippen molar-refractivity contribution in [2.45, 2.75) is 46.1 Å². The summed E-state index contributed by atoms with van der Waals surface area (Å²) in [6.07, 6.45) is 5.47. The molecule has 0 aliphatic rings. The summed E-state index contributed by atoms with van der Waals surface area (Å²) in [5.41, 5.74) is 1.21. The fourth-order valence-corrected chi connectivity index (χ4v) is 1.71. The Morgan fingerprint density at radius 2 is 2.14 bits per heavy atom. The molecule has 0 amide bonds. The molecule has 2 unspecified atom stereocenters. The highest BCUT2D eigenvalue weighted by Crippen LogP contribution is 2.19. The predicted molar refractivity (Wildman–Crippen MR) is 60.3 cm³/mol. The van der Waals surface area contributed by atoms with Gasteiger partial charge in [-0.3, -0.25) is 0 Å². The van der Waals surface area contributed by atoms with Crippen LogP contribution >= 0.6 is 0 Å². The van der Waals surface area contributed by atoms with Gasteiger partial charge in [0.2, 0.25) is 0 Å². The van der Waals surface area contributed by atoms with E-state index in [0.717, 1.165) is 6.42 Å². The van der Waals surface area contributed by atoms with Crippen molar-refractivity contribution in [3.8, 4) is 0 Å². The second-order valence-electron chi connectivity index (χ2n) is 3.98. The van der Waals surface area contributed by atoms with Gasteiger partial charge in [-0.05, 0) is 25.7 Å². The molecule has 0 aromatic carbocycles. The zero-order valence-electron chi connectivity index (χ0n) is 9.92. The number of methoxy groups -OCH3 is 1. The van der Waals surface area contributed by atoms with Crippen LogP contribution in [0.25, 0.3) is 0 Å². The maximum Gasteiger partial charge on any atom is 0.0633 e. The first-order valence-electron chi connectivity index (χ1n) is 5.44. The van der Waals surface area contributed by atoms with Gasteiger partial charge in [0.05, 0.1) is 12.7 Å². The van der Waals surface area contributed by atoms with E-state index >= 15 is 0 Å². The first kappa shape index (κ1) is 13.7. The monoisotopic (exact) mass is 200 g/mol. The zero-order chi connectivity index (χ0) is 11.0. The number of aliphatic hydroxyl groups excluding tert-OH is 1. The molecular weight excluding hydrogens is 176 g/mol. The number of rotatable bonds is 7. The molecule has 0 aliphatic carbocycles. The third kappa shape index (κ3) is 5.40. The van der Waals surface area contributed by atoms with E-state index in [9.17, 15) is 0 Å². The summed E-state index contributed by atoms with van der Waals surface area (Å²) in [4.78, 5) is 0. The minimum Gasteiger partial charge on any atom is -0.392 e. The zero-order valence-corrected chi connectivity index (χ0v) is 9.92. The summed E-state index contributed by atoms with van der Waals surface area (Å²) < 4.78 is 5.46. The summed E-state index contributed by atoms with van der Waals surface area (Å²) in [5.74, 6) is 0.590. The van der Waals surface area contributed by atoms with Crippen molar-refractivity contribution in [3.63, 3.8) is 0 Å². The van der Waals surface area contributed by atoms with Crippen molar-refractivity contribution >= 4 is 0 Å². The van der Waals surface area contributed by atoms with Gasteiger partial charge in [-0.15, -0.1) is 0 Å². The molecule has 0 heterocycles. The summed E-state index contributed by atoms with van der Waals surface area (Å²) in [6.45, 7) is 6.59. The molecule has 0 aromatic rings. The van der Waals surface area contributed by atoms with Crippen LogP contribution in [0.15, 0.2) is 11.6 Å². The van der Waals surface area contributed by atoms with Crippen molar-refractivity contribution in [2.75, 3.05) is 13.7 Å². The lowest BCUT2D eigenvalue weighted by molar-refractivity contribution is 0.0553. The Hall–Kier alpha value is -0.340. The molecule has 14 heavy (non-hydrogen) atoms. The highest BCUT2D eigenvalue weighted by Gasteiger charge is 2.15. The number of hydrogen-bond donors (Lipinski definition) is 1. The van der Waals surface area contributed by atoms with Crippen LogP contribution in [0.4, 0.5) is 0 Å². The van der Waals surface area contributed by atoms with Gasteiger partial charge >= 0.3 is 0 Å². The van der Waals surface area contributed by atoms with Crippen LogP contribution in [-0.2, 0) is 4.74 Å². The highest BCUT2D eigenvalue weighted by molar-refractivity contribution is 5.00. The Balaban J connectivity index is 4.07. The van der Waals surface area contributed by atoms with E-state index in [-0.39, 0.29) is 12.7 Å². The lowest BCUT2D eigenvalue weighted by Gasteiger charge is -2.22. The summed E-state index contributed by atoms with van der Waals surface area (Å²) in [5, 5.41) is 8.75. The smallest absolute Gasteiger partial charge is 0.0633 e. The fraction of sp³-hybridized carbons (Fsp3) is 0.833. The van der Waals surface area contributed by atoms with Crippen LogP contribution < -0.4 is 0 Å². The standard InChI is InChI=1S/C12H24O2/c1-5-6-11(3)12(14-4)9-10(2)7-8-13/h7,11-13H,5-6,8-9H2,1-4H3. The van der Waals surface area contributed by atoms with Gasteiger partial charge in [-0.1, -0.05) is 31.9 Å². The van der Waals surface area contributed by atoms with Crippen LogP contribution in [0.1, 0.15) is 40.0 Å². The summed E-state index contributed by atoms with van der Waals surface area (Å²) in [7, 11) is 1.77. The Kier molecular flexibility index (Phi) is 7.81. The first-order valence-corrected chi connectivity index (χ1v) is 5.44. The summed E-state index contributed by atoms with van der Waals surface area (Å²) >= 11 is 0. The normalized spacial score (nSPS) is 16.8. The Morgan fingerprint density at radius 1 is 1.50 bits per heavy atom. The average molecular weight is 200 g/mol. The summed E-state index contributed by atoms with van der Waals surface area (Å²) in [6, 6.07) is 0. The molecule has 0 bridgehead atoms. The van der Waals surface area contributed by atoms with E-state index in [2.05, 4.69) is 13.8 Å². The van der Waals surface area contributed by atoms with Crippen LogP contribution in [0.3, 0.4) is 0 Å². The van der Waals surface area contributed by atoms with Crippen LogP contribution in [-0.4, -0.2) is 24.9 Å². The van der Waals surface area contributed by atoms with E-state index in [0.29, 0.717) is 5.92 Å². The van der Waals surface area contributed by atoms with Crippen molar-refractivity contribution < 1.29 is 9.84 Å². The second kappa shape index (κ2) is 8.01. The number of aliphatic hydroxyl groups is 1. The van der Waals surface area contributed by atoms with E-state index in [1.165, 1.54) is 18.4 Å².